The molecule has 0 unspecified atom stereocenters. The maximum atomic E-state index is 12.7. The summed E-state index contributed by atoms with van der Waals surface area (Å²) in [5.74, 6) is 1.19. The van der Waals surface area contributed by atoms with Crippen LogP contribution < -0.4 is 5.32 Å². The van der Waals surface area contributed by atoms with E-state index in [0.29, 0.717) is 24.7 Å². The van der Waals surface area contributed by atoms with Crippen LogP contribution in [0.2, 0.25) is 0 Å². The van der Waals surface area contributed by atoms with Crippen molar-refractivity contribution in [2.45, 2.75) is 31.7 Å². The molecule has 2 amide bonds. The third kappa shape index (κ3) is 3.51. The molecule has 0 radical (unpaired) electrons. The molecule has 1 saturated carbocycles. The first-order valence-electron chi connectivity index (χ1n) is 9.12. The minimum atomic E-state index is 0.109. The SMILES string of the molecule is CN(C(=O)Cc1csc(-c2ccccc2)n1)[C@H]1C[C@H]2CC(=O)NC[C@H]2C1. The first-order valence-corrected chi connectivity index (χ1v) is 10.0. The standard InChI is InChI=1S/C20H23N3O2S/c1-23(17-7-14-9-18(24)21-11-15(14)8-17)19(25)10-16-12-26-20(22-16)13-5-3-2-4-6-13/h2-6,12,14-15,17H,7-11H2,1H3,(H,21,24)/t14-,15+,17-/m0/s1. The maximum Gasteiger partial charge on any atom is 0.228 e. The van der Waals surface area contributed by atoms with Crippen molar-refractivity contribution >= 4 is 23.2 Å². The Hall–Kier alpha value is -2.21. The highest BCUT2D eigenvalue weighted by Crippen LogP contribution is 2.38. The molecule has 0 bridgehead atoms. The second-order valence-electron chi connectivity index (χ2n) is 7.35. The molecule has 1 aliphatic heterocycles. The molecule has 2 heterocycles. The van der Waals surface area contributed by atoms with E-state index in [9.17, 15) is 9.59 Å². The average molecular weight is 369 g/mol. The Bertz CT molecular complexity index is 804. The summed E-state index contributed by atoms with van der Waals surface area (Å²) in [6.45, 7) is 0.758. The van der Waals surface area contributed by atoms with Crippen molar-refractivity contribution in [2.24, 2.45) is 11.8 Å². The van der Waals surface area contributed by atoms with E-state index in [1.54, 1.807) is 11.3 Å². The van der Waals surface area contributed by atoms with Gasteiger partial charge in [-0.1, -0.05) is 30.3 Å². The van der Waals surface area contributed by atoms with Gasteiger partial charge >= 0.3 is 0 Å². The van der Waals surface area contributed by atoms with Crippen molar-refractivity contribution in [3.8, 4) is 10.6 Å². The molecule has 3 atom stereocenters. The molecule has 1 N–H and O–H groups in total. The van der Waals surface area contributed by atoms with Gasteiger partial charge in [-0.2, -0.15) is 0 Å². The van der Waals surface area contributed by atoms with Crippen LogP contribution >= 0.6 is 11.3 Å². The lowest BCUT2D eigenvalue weighted by Crippen LogP contribution is -2.38. The molecule has 1 aromatic carbocycles. The van der Waals surface area contributed by atoms with Gasteiger partial charge in [0.1, 0.15) is 5.01 Å². The van der Waals surface area contributed by atoms with Crippen LogP contribution in [0, 0.1) is 11.8 Å². The average Bonchev–Trinajstić information content (AvgIpc) is 3.28. The monoisotopic (exact) mass is 369 g/mol. The number of likely N-dealkylation sites (N-methyl/N-ethyl adjacent to an activating group) is 1. The number of amides is 2. The summed E-state index contributed by atoms with van der Waals surface area (Å²) in [4.78, 5) is 30.8. The summed E-state index contributed by atoms with van der Waals surface area (Å²) in [7, 11) is 1.89. The van der Waals surface area contributed by atoms with E-state index in [-0.39, 0.29) is 17.9 Å². The molecule has 2 aliphatic rings. The molecule has 0 spiro atoms. The highest BCUT2D eigenvalue weighted by atomic mass is 32.1. The minimum absolute atomic E-state index is 0.109. The Morgan fingerprint density at radius 2 is 2.04 bits per heavy atom. The van der Waals surface area contributed by atoms with Crippen LogP contribution in [0.3, 0.4) is 0 Å². The molecule has 136 valence electrons. The van der Waals surface area contributed by atoms with Gasteiger partial charge in [0.2, 0.25) is 11.8 Å². The number of benzene rings is 1. The Morgan fingerprint density at radius 3 is 2.85 bits per heavy atom. The molecule has 2 fully saturated rings. The summed E-state index contributed by atoms with van der Waals surface area (Å²) in [5.41, 5.74) is 1.92. The van der Waals surface area contributed by atoms with Gasteiger partial charge in [0.25, 0.3) is 0 Å². The number of nitrogens with one attached hydrogen (secondary N) is 1. The summed E-state index contributed by atoms with van der Waals surface area (Å²) >= 11 is 1.58. The number of rotatable bonds is 4. The second kappa shape index (κ2) is 7.19. The quantitative estimate of drug-likeness (QED) is 0.901. The van der Waals surface area contributed by atoms with E-state index >= 15 is 0 Å². The summed E-state index contributed by atoms with van der Waals surface area (Å²) < 4.78 is 0. The van der Waals surface area contributed by atoms with Gasteiger partial charge in [-0.15, -0.1) is 11.3 Å². The van der Waals surface area contributed by atoms with E-state index in [1.807, 2.05) is 47.7 Å². The van der Waals surface area contributed by atoms with Gasteiger partial charge in [-0.25, -0.2) is 4.98 Å². The molecule has 4 rings (SSSR count). The van der Waals surface area contributed by atoms with Crippen molar-refractivity contribution in [1.82, 2.24) is 15.2 Å². The summed E-state index contributed by atoms with van der Waals surface area (Å²) in [6.07, 6.45) is 2.87. The molecule has 1 aliphatic carbocycles. The number of piperidine rings is 1. The molecular weight excluding hydrogens is 346 g/mol. The fraction of sp³-hybridized carbons (Fsp3) is 0.450. The highest BCUT2D eigenvalue weighted by molar-refractivity contribution is 7.13. The fourth-order valence-corrected chi connectivity index (χ4v) is 4.96. The lowest BCUT2D eigenvalue weighted by molar-refractivity contribution is -0.131. The van der Waals surface area contributed by atoms with Crippen molar-refractivity contribution in [3.05, 3.63) is 41.4 Å². The number of thiazole rings is 1. The largest absolute Gasteiger partial charge is 0.356 e. The van der Waals surface area contributed by atoms with E-state index in [0.717, 1.165) is 35.7 Å². The lowest BCUT2D eigenvalue weighted by Gasteiger charge is -2.24. The number of carbonyl (C=O) groups excluding carboxylic acids is 2. The molecule has 6 heteroatoms. The number of fused-ring (bicyclic) bond motifs is 1. The molecule has 5 nitrogen and oxygen atoms in total. The number of carbonyl (C=O) groups is 2. The van der Waals surface area contributed by atoms with Crippen LogP contribution in [0.5, 0.6) is 0 Å². The zero-order valence-electron chi connectivity index (χ0n) is 14.9. The Morgan fingerprint density at radius 1 is 1.27 bits per heavy atom. The van der Waals surface area contributed by atoms with Gasteiger partial charge in [-0.05, 0) is 24.7 Å². The maximum absolute atomic E-state index is 12.7. The van der Waals surface area contributed by atoms with Crippen LogP contribution in [0.25, 0.3) is 10.6 Å². The smallest absolute Gasteiger partial charge is 0.228 e. The second-order valence-corrected chi connectivity index (χ2v) is 8.20. The first-order chi connectivity index (χ1) is 12.6. The van der Waals surface area contributed by atoms with Crippen LogP contribution in [0.15, 0.2) is 35.7 Å². The molecule has 26 heavy (non-hydrogen) atoms. The summed E-state index contributed by atoms with van der Waals surface area (Å²) in [6, 6.07) is 10.3. The molecule has 2 aromatic rings. The van der Waals surface area contributed by atoms with Gasteiger partial charge in [0, 0.05) is 37.0 Å². The van der Waals surface area contributed by atoms with Crippen molar-refractivity contribution in [3.63, 3.8) is 0 Å². The Labute approximate surface area is 157 Å². The topological polar surface area (TPSA) is 62.3 Å². The van der Waals surface area contributed by atoms with E-state index in [2.05, 4.69) is 10.3 Å². The molecule has 1 aromatic heterocycles. The number of aromatic nitrogens is 1. The fourth-order valence-electron chi connectivity index (χ4n) is 4.14. The number of hydrogen-bond acceptors (Lipinski definition) is 4. The van der Waals surface area contributed by atoms with Crippen molar-refractivity contribution in [2.75, 3.05) is 13.6 Å². The normalized spacial score (nSPS) is 24.8. The van der Waals surface area contributed by atoms with E-state index in [4.69, 9.17) is 0 Å². The van der Waals surface area contributed by atoms with Crippen LogP contribution in [-0.2, 0) is 16.0 Å². The van der Waals surface area contributed by atoms with Gasteiger partial charge < -0.3 is 10.2 Å². The van der Waals surface area contributed by atoms with Crippen LogP contribution in [0.1, 0.15) is 25.0 Å². The lowest BCUT2D eigenvalue weighted by atomic mass is 9.89. The zero-order valence-corrected chi connectivity index (χ0v) is 15.7. The Balaban J connectivity index is 1.38. The van der Waals surface area contributed by atoms with Gasteiger partial charge in [0.05, 0.1) is 12.1 Å². The number of nitrogens with zero attached hydrogens (tertiary/aromatic N) is 2. The Kier molecular flexibility index (Phi) is 4.76. The zero-order chi connectivity index (χ0) is 18.1. The van der Waals surface area contributed by atoms with Crippen molar-refractivity contribution < 1.29 is 9.59 Å². The van der Waals surface area contributed by atoms with Gasteiger partial charge in [-0.3, -0.25) is 9.59 Å². The van der Waals surface area contributed by atoms with Crippen LogP contribution in [-0.4, -0.2) is 41.3 Å². The van der Waals surface area contributed by atoms with Crippen molar-refractivity contribution in [1.29, 1.82) is 0 Å². The van der Waals surface area contributed by atoms with Gasteiger partial charge in [0.15, 0.2) is 0 Å². The predicted molar refractivity (Wildman–Crippen MR) is 102 cm³/mol. The first kappa shape index (κ1) is 17.2. The van der Waals surface area contributed by atoms with E-state index < -0.39 is 0 Å². The van der Waals surface area contributed by atoms with Crippen LogP contribution in [0.4, 0.5) is 0 Å². The number of hydrogen-bond donors (Lipinski definition) is 1. The molecular formula is C20H23N3O2S. The minimum Gasteiger partial charge on any atom is -0.356 e. The molecule has 1 saturated heterocycles. The third-order valence-electron chi connectivity index (χ3n) is 5.67. The summed E-state index contributed by atoms with van der Waals surface area (Å²) in [5, 5.41) is 5.88. The predicted octanol–water partition coefficient (Wildman–Crippen LogP) is 2.73. The van der Waals surface area contributed by atoms with E-state index in [1.165, 1.54) is 0 Å². The highest BCUT2D eigenvalue weighted by Gasteiger charge is 2.40. The third-order valence-corrected chi connectivity index (χ3v) is 6.61.